The molecule has 160 valence electrons. The Hall–Kier alpha value is -2.67. The molecular formula is C22H16Cl3FN2O3. The predicted molar refractivity (Wildman–Crippen MR) is 118 cm³/mol. The summed E-state index contributed by atoms with van der Waals surface area (Å²) in [6.45, 7) is 1.52. The van der Waals surface area contributed by atoms with Gasteiger partial charge in [0.25, 0.3) is 0 Å². The minimum Gasteiger partial charge on any atom is -0.454 e. The maximum atomic E-state index is 12.9. The van der Waals surface area contributed by atoms with Crippen LogP contribution in [0, 0.1) is 12.7 Å². The summed E-state index contributed by atoms with van der Waals surface area (Å²) in [7, 11) is 0. The van der Waals surface area contributed by atoms with Crippen LogP contribution in [-0.4, -0.2) is 28.1 Å². The molecular weight excluding hydrogens is 466 g/mol. The zero-order chi connectivity index (χ0) is 22.5. The van der Waals surface area contributed by atoms with Gasteiger partial charge in [-0.05, 0) is 49.4 Å². The van der Waals surface area contributed by atoms with Gasteiger partial charge in [-0.15, -0.1) is 0 Å². The largest absolute Gasteiger partial charge is 0.454 e. The Balaban J connectivity index is 1.66. The number of ether oxygens (including phenoxy) is 1. The first-order valence-electron chi connectivity index (χ1n) is 9.05. The summed E-state index contributed by atoms with van der Waals surface area (Å²) in [5.74, 6) is -1.63. The van der Waals surface area contributed by atoms with Crippen LogP contribution in [0.2, 0.25) is 15.2 Å². The average Bonchev–Trinajstić information content (AvgIpc) is 3.00. The van der Waals surface area contributed by atoms with Gasteiger partial charge in [-0.25, -0.2) is 13.9 Å². The molecule has 0 aliphatic rings. The number of nitrogens with zero attached hydrogens (tertiary/aromatic N) is 2. The van der Waals surface area contributed by atoms with E-state index in [1.54, 1.807) is 25.1 Å². The standard InChI is InChI=1S/C22H16Cl3FN2O3/c1-13-16(22(25)28(27-13)11-17-18(23)3-2-4-19(17)24)9-10-21(30)31-12-20(29)14-5-7-15(26)8-6-14/h2-10H,11-12H2,1H3. The van der Waals surface area contributed by atoms with Gasteiger partial charge in [-0.1, -0.05) is 40.9 Å². The smallest absolute Gasteiger partial charge is 0.331 e. The molecule has 3 rings (SSSR count). The van der Waals surface area contributed by atoms with Crippen LogP contribution in [0.25, 0.3) is 6.08 Å². The minimum absolute atomic E-state index is 0.247. The SMILES string of the molecule is Cc1nn(Cc2c(Cl)cccc2Cl)c(Cl)c1C=CC(=O)OCC(=O)c1ccc(F)cc1. The lowest BCUT2D eigenvalue weighted by molar-refractivity contribution is -0.136. The van der Waals surface area contributed by atoms with Crippen LogP contribution in [0.3, 0.4) is 0 Å². The number of hydrogen-bond acceptors (Lipinski definition) is 4. The van der Waals surface area contributed by atoms with Crippen molar-refractivity contribution in [2.75, 3.05) is 6.61 Å². The summed E-state index contributed by atoms with van der Waals surface area (Å²) in [6, 6.07) is 10.1. The van der Waals surface area contributed by atoms with E-state index in [0.29, 0.717) is 32.0 Å². The number of benzene rings is 2. The van der Waals surface area contributed by atoms with Crippen LogP contribution >= 0.6 is 34.8 Å². The number of esters is 1. The van der Waals surface area contributed by atoms with Crippen LogP contribution in [0.1, 0.15) is 27.2 Å². The lowest BCUT2D eigenvalue weighted by Crippen LogP contribution is -2.12. The van der Waals surface area contributed by atoms with Crippen molar-refractivity contribution in [1.82, 2.24) is 9.78 Å². The minimum atomic E-state index is -0.729. The summed E-state index contributed by atoms with van der Waals surface area (Å²) in [4.78, 5) is 24.0. The third-order valence-electron chi connectivity index (χ3n) is 4.38. The summed E-state index contributed by atoms with van der Waals surface area (Å²) in [6.07, 6.45) is 2.61. The monoisotopic (exact) mass is 480 g/mol. The molecule has 0 spiro atoms. The first-order valence-corrected chi connectivity index (χ1v) is 10.2. The highest BCUT2D eigenvalue weighted by molar-refractivity contribution is 6.36. The number of hydrogen-bond donors (Lipinski definition) is 0. The number of carbonyl (C=O) groups is 2. The topological polar surface area (TPSA) is 61.2 Å². The lowest BCUT2D eigenvalue weighted by Gasteiger charge is -2.08. The molecule has 0 radical (unpaired) electrons. The Labute approximate surface area is 193 Å². The van der Waals surface area contributed by atoms with Crippen molar-refractivity contribution in [3.05, 3.63) is 91.9 Å². The van der Waals surface area contributed by atoms with Gasteiger partial charge in [0, 0.05) is 32.8 Å². The number of ketones is 1. The van der Waals surface area contributed by atoms with E-state index < -0.39 is 24.2 Å². The highest BCUT2D eigenvalue weighted by atomic mass is 35.5. The number of carbonyl (C=O) groups excluding carboxylic acids is 2. The Kier molecular flexibility index (Phi) is 7.49. The highest BCUT2D eigenvalue weighted by Gasteiger charge is 2.15. The van der Waals surface area contributed by atoms with E-state index in [9.17, 15) is 14.0 Å². The molecule has 0 N–H and O–H groups in total. The molecule has 0 saturated heterocycles. The van der Waals surface area contributed by atoms with E-state index in [2.05, 4.69) is 5.10 Å². The van der Waals surface area contributed by atoms with Crippen LogP contribution in [0.5, 0.6) is 0 Å². The molecule has 31 heavy (non-hydrogen) atoms. The van der Waals surface area contributed by atoms with Gasteiger partial charge in [0.15, 0.2) is 12.4 Å². The summed E-state index contributed by atoms with van der Waals surface area (Å²) in [5, 5.41) is 5.64. The predicted octanol–water partition coefficient (Wildman–Crippen LogP) is 5.78. The van der Waals surface area contributed by atoms with Crippen molar-refractivity contribution in [3.8, 4) is 0 Å². The van der Waals surface area contributed by atoms with Gasteiger partial charge in [-0.3, -0.25) is 4.79 Å². The molecule has 2 aromatic carbocycles. The zero-order valence-corrected chi connectivity index (χ0v) is 18.5. The number of Topliss-reactive ketones (excluding diaryl/α,β-unsaturated/α-hetero) is 1. The fraction of sp³-hybridized carbons (Fsp3) is 0.136. The molecule has 0 saturated carbocycles. The van der Waals surface area contributed by atoms with Crippen LogP contribution in [0.15, 0.2) is 48.5 Å². The van der Waals surface area contributed by atoms with Gasteiger partial charge in [0.2, 0.25) is 0 Å². The number of aryl methyl sites for hydroxylation is 1. The van der Waals surface area contributed by atoms with Crippen molar-refractivity contribution < 1.29 is 18.7 Å². The Bertz CT molecular complexity index is 1140. The van der Waals surface area contributed by atoms with E-state index in [0.717, 1.165) is 18.2 Å². The lowest BCUT2D eigenvalue weighted by atomic mass is 10.1. The summed E-state index contributed by atoms with van der Waals surface area (Å²) in [5.41, 5.74) is 2.02. The molecule has 9 heteroatoms. The van der Waals surface area contributed by atoms with Crippen molar-refractivity contribution >= 4 is 52.6 Å². The number of rotatable bonds is 7. The van der Waals surface area contributed by atoms with E-state index in [1.807, 2.05) is 0 Å². The molecule has 0 bridgehead atoms. The molecule has 1 aromatic heterocycles. The van der Waals surface area contributed by atoms with Crippen LogP contribution in [-0.2, 0) is 16.1 Å². The fourth-order valence-corrected chi connectivity index (χ4v) is 3.56. The molecule has 5 nitrogen and oxygen atoms in total. The number of aromatic nitrogens is 2. The first-order chi connectivity index (χ1) is 14.8. The Morgan fingerprint density at radius 1 is 1.10 bits per heavy atom. The quantitative estimate of drug-likeness (QED) is 0.244. The molecule has 0 fully saturated rings. The van der Waals surface area contributed by atoms with Crippen LogP contribution in [0.4, 0.5) is 4.39 Å². The number of halogens is 4. The second-order valence-corrected chi connectivity index (χ2v) is 7.69. The van der Waals surface area contributed by atoms with E-state index in [4.69, 9.17) is 39.5 Å². The molecule has 0 aliphatic carbocycles. The third kappa shape index (κ3) is 5.73. The molecule has 0 aliphatic heterocycles. The summed E-state index contributed by atoms with van der Waals surface area (Å²) < 4.78 is 19.4. The van der Waals surface area contributed by atoms with Gasteiger partial charge < -0.3 is 4.74 Å². The maximum Gasteiger partial charge on any atom is 0.331 e. The fourth-order valence-electron chi connectivity index (χ4n) is 2.75. The van der Waals surface area contributed by atoms with Gasteiger partial charge >= 0.3 is 5.97 Å². The summed E-state index contributed by atoms with van der Waals surface area (Å²) >= 11 is 18.8. The molecule has 3 aromatic rings. The molecule has 0 amide bonds. The zero-order valence-electron chi connectivity index (χ0n) is 16.2. The normalized spacial score (nSPS) is 11.1. The van der Waals surface area contributed by atoms with E-state index in [-0.39, 0.29) is 12.1 Å². The van der Waals surface area contributed by atoms with Gasteiger partial charge in [-0.2, -0.15) is 5.10 Å². The van der Waals surface area contributed by atoms with Crippen molar-refractivity contribution in [2.24, 2.45) is 0 Å². The molecule has 0 unspecified atom stereocenters. The van der Waals surface area contributed by atoms with Gasteiger partial charge in [0.05, 0.1) is 12.2 Å². The average molecular weight is 482 g/mol. The Morgan fingerprint density at radius 3 is 2.39 bits per heavy atom. The van der Waals surface area contributed by atoms with E-state index >= 15 is 0 Å². The third-order valence-corrected chi connectivity index (χ3v) is 5.48. The highest BCUT2D eigenvalue weighted by Crippen LogP contribution is 2.28. The van der Waals surface area contributed by atoms with Gasteiger partial charge in [0.1, 0.15) is 11.0 Å². The van der Waals surface area contributed by atoms with Crippen molar-refractivity contribution in [1.29, 1.82) is 0 Å². The molecule has 0 atom stereocenters. The van der Waals surface area contributed by atoms with Crippen molar-refractivity contribution in [2.45, 2.75) is 13.5 Å². The molecule has 1 heterocycles. The van der Waals surface area contributed by atoms with Crippen LogP contribution < -0.4 is 0 Å². The second kappa shape index (κ2) is 10.1. The van der Waals surface area contributed by atoms with E-state index in [1.165, 1.54) is 22.9 Å². The second-order valence-electron chi connectivity index (χ2n) is 6.52. The maximum absolute atomic E-state index is 12.9. The Morgan fingerprint density at radius 2 is 1.74 bits per heavy atom. The van der Waals surface area contributed by atoms with Crippen molar-refractivity contribution in [3.63, 3.8) is 0 Å². The first kappa shape index (κ1) is 23.0.